The number of carbonyl (C=O) groups excluding carboxylic acids is 1. The lowest BCUT2D eigenvalue weighted by atomic mass is 10.0. The molecule has 0 bridgehead atoms. The van der Waals surface area contributed by atoms with E-state index in [1.165, 1.54) is 38.3 Å². The Morgan fingerprint density at radius 1 is 1.17 bits per heavy atom. The summed E-state index contributed by atoms with van der Waals surface area (Å²) in [7, 11) is -4.05. The molecule has 4 heterocycles. The van der Waals surface area contributed by atoms with Gasteiger partial charge in [0.15, 0.2) is 15.5 Å². The number of anilines is 1. The van der Waals surface area contributed by atoms with Crippen LogP contribution in [-0.2, 0) is 20.8 Å². The third-order valence-electron chi connectivity index (χ3n) is 7.67. The minimum atomic E-state index is -5.00. The van der Waals surface area contributed by atoms with Crippen molar-refractivity contribution in [2.75, 3.05) is 24.5 Å². The highest BCUT2D eigenvalue weighted by Gasteiger charge is 2.37. The van der Waals surface area contributed by atoms with Gasteiger partial charge in [0.05, 0.1) is 43.7 Å². The van der Waals surface area contributed by atoms with Gasteiger partial charge in [0, 0.05) is 37.4 Å². The Hall–Kier alpha value is -4.37. The molecule has 0 aliphatic carbocycles. The van der Waals surface area contributed by atoms with Crippen LogP contribution >= 0.6 is 11.6 Å². The molecule has 1 saturated heterocycles. The normalized spacial score (nSPS) is 15.9. The zero-order chi connectivity index (χ0) is 33.7. The van der Waals surface area contributed by atoms with E-state index in [0.29, 0.717) is 6.07 Å². The molecule has 242 valence electrons. The molecule has 3 aromatic heterocycles. The monoisotopic (exact) mass is 678 g/mol. The van der Waals surface area contributed by atoms with Crippen LogP contribution in [0.5, 0.6) is 0 Å². The van der Waals surface area contributed by atoms with Crippen LogP contribution in [0.25, 0.3) is 28.0 Å². The Kier molecular flexibility index (Phi) is 8.68. The Morgan fingerprint density at radius 3 is 2.52 bits per heavy atom. The fourth-order valence-electron chi connectivity index (χ4n) is 5.36. The predicted molar refractivity (Wildman–Crippen MR) is 164 cm³/mol. The van der Waals surface area contributed by atoms with Crippen molar-refractivity contribution >= 4 is 44.2 Å². The molecule has 0 saturated carbocycles. The second-order valence-electron chi connectivity index (χ2n) is 10.9. The van der Waals surface area contributed by atoms with Gasteiger partial charge in [-0.1, -0.05) is 24.2 Å². The van der Waals surface area contributed by atoms with Crippen molar-refractivity contribution < 1.29 is 30.8 Å². The molecule has 5 rings (SSSR count). The van der Waals surface area contributed by atoms with Gasteiger partial charge in [-0.3, -0.25) is 9.78 Å². The maximum absolute atomic E-state index is 15.2. The van der Waals surface area contributed by atoms with Crippen LogP contribution in [0.15, 0.2) is 65.1 Å². The topological polar surface area (TPSA) is 118 Å². The molecule has 46 heavy (non-hydrogen) atoms. The lowest BCUT2D eigenvalue weighted by Gasteiger charge is -2.40. The average Bonchev–Trinajstić information content (AvgIpc) is 3.00. The first kappa shape index (κ1) is 33.0. The van der Waals surface area contributed by atoms with E-state index in [1.54, 1.807) is 16.7 Å². The van der Waals surface area contributed by atoms with Crippen molar-refractivity contribution in [3.8, 4) is 16.9 Å². The summed E-state index contributed by atoms with van der Waals surface area (Å²) >= 11 is 6.54. The van der Waals surface area contributed by atoms with Gasteiger partial charge >= 0.3 is 11.9 Å². The van der Waals surface area contributed by atoms with E-state index in [2.05, 4.69) is 21.5 Å². The lowest BCUT2D eigenvalue weighted by Crippen LogP contribution is -2.54. The zero-order valence-electron chi connectivity index (χ0n) is 24.7. The molecule has 10 nitrogen and oxygen atoms in total. The minimum Gasteiger partial charge on any atom is -0.350 e. The second kappa shape index (κ2) is 12.1. The molecular formula is C30H27ClF4N6O4S. The van der Waals surface area contributed by atoms with Crippen molar-refractivity contribution in [2.45, 2.75) is 43.1 Å². The van der Waals surface area contributed by atoms with E-state index in [0.717, 1.165) is 22.9 Å². The fourth-order valence-corrected chi connectivity index (χ4v) is 6.80. The number of nitrogens with zero attached hydrogens (tertiary/aromatic N) is 6. The van der Waals surface area contributed by atoms with Crippen molar-refractivity contribution in [3.05, 3.63) is 82.3 Å². The number of hydrogen-bond acceptors (Lipinski definition) is 8. The molecular weight excluding hydrogens is 652 g/mol. The van der Waals surface area contributed by atoms with E-state index in [9.17, 15) is 31.2 Å². The van der Waals surface area contributed by atoms with Crippen LogP contribution in [0, 0.1) is 5.82 Å². The number of benzene rings is 1. The molecule has 0 spiro atoms. The van der Waals surface area contributed by atoms with Crippen molar-refractivity contribution in [1.29, 1.82) is 0 Å². The first-order valence-electron chi connectivity index (χ1n) is 13.9. The number of fused-ring (bicyclic) bond motifs is 1. The maximum Gasteiger partial charge on any atom is 0.417 e. The Morgan fingerprint density at radius 2 is 1.89 bits per heavy atom. The molecule has 4 aromatic rings. The first-order chi connectivity index (χ1) is 21.6. The number of rotatable bonds is 6. The van der Waals surface area contributed by atoms with Crippen LogP contribution in [-0.4, -0.2) is 69.7 Å². The molecule has 16 heteroatoms. The maximum atomic E-state index is 15.2. The smallest absolute Gasteiger partial charge is 0.350 e. The van der Waals surface area contributed by atoms with Crippen LogP contribution in [0.4, 0.5) is 23.4 Å². The van der Waals surface area contributed by atoms with Crippen molar-refractivity contribution in [2.24, 2.45) is 0 Å². The largest absolute Gasteiger partial charge is 0.417 e. The highest BCUT2D eigenvalue weighted by Crippen LogP contribution is 2.42. The number of sulfone groups is 1. The van der Waals surface area contributed by atoms with Crippen LogP contribution < -0.4 is 10.6 Å². The summed E-state index contributed by atoms with van der Waals surface area (Å²) in [6, 6.07) is 4.37. The SMILES string of the molecule is C=CC(=O)N1CCN(c2nc(=O)n(-c3cnccc3S(=O)(=O)C(C)C)c3nc(-c4c(F)cccc4C(F)(F)F)c(Cl)cc23)[C@@H](C)C1. The van der Waals surface area contributed by atoms with Gasteiger partial charge in [-0.2, -0.15) is 18.2 Å². The van der Waals surface area contributed by atoms with Gasteiger partial charge in [-0.25, -0.2) is 27.2 Å². The van der Waals surface area contributed by atoms with Crippen LogP contribution in [0.1, 0.15) is 26.3 Å². The van der Waals surface area contributed by atoms with Gasteiger partial charge in [0.1, 0.15) is 11.6 Å². The minimum absolute atomic E-state index is 0.0390. The van der Waals surface area contributed by atoms with Gasteiger partial charge in [0.25, 0.3) is 0 Å². The molecule has 1 atom stereocenters. The van der Waals surface area contributed by atoms with Gasteiger partial charge in [-0.05, 0) is 51.1 Å². The number of halogens is 5. The number of amides is 1. The molecule has 1 fully saturated rings. The molecule has 1 aromatic carbocycles. The molecule has 0 radical (unpaired) electrons. The van der Waals surface area contributed by atoms with Gasteiger partial charge < -0.3 is 9.80 Å². The molecule has 1 amide bonds. The summed E-state index contributed by atoms with van der Waals surface area (Å²) in [4.78, 5) is 41.7. The van der Waals surface area contributed by atoms with E-state index in [1.807, 2.05) is 0 Å². The number of piperazine rings is 1. The van der Waals surface area contributed by atoms with E-state index in [4.69, 9.17) is 11.6 Å². The van der Waals surface area contributed by atoms with Crippen LogP contribution in [0.2, 0.25) is 5.02 Å². The quantitative estimate of drug-likeness (QED) is 0.205. The zero-order valence-corrected chi connectivity index (χ0v) is 26.3. The van der Waals surface area contributed by atoms with E-state index < -0.39 is 55.6 Å². The summed E-state index contributed by atoms with van der Waals surface area (Å²) in [5.41, 5.74) is -4.56. The molecule has 1 aliphatic heterocycles. The Bertz CT molecular complexity index is 2050. The molecule has 1 aliphatic rings. The summed E-state index contributed by atoms with van der Waals surface area (Å²) in [6.45, 7) is 8.79. The van der Waals surface area contributed by atoms with Crippen molar-refractivity contribution in [1.82, 2.24) is 24.4 Å². The highest BCUT2D eigenvalue weighted by atomic mass is 35.5. The fraction of sp³-hybridized carbons (Fsp3) is 0.300. The number of pyridine rings is 2. The molecule has 0 unspecified atom stereocenters. The van der Waals surface area contributed by atoms with E-state index in [-0.39, 0.29) is 58.0 Å². The van der Waals surface area contributed by atoms with Crippen LogP contribution in [0.3, 0.4) is 0 Å². The third kappa shape index (κ3) is 5.73. The summed E-state index contributed by atoms with van der Waals surface area (Å²) in [6.07, 6.45) is -1.51. The number of hydrogen-bond donors (Lipinski definition) is 0. The second-order valence-corrected chi connectivity index (χ2v) is 13.8. The summed E-state index contributed by atoms with van der Waals surface area (Å²) in [5, 5.41) is -1.25. The number of alkyl halides is 3. The predicted octanol–water partition coefficient (Wildman–Crippen LogP) is 5.06. The highest BCUT2D eigenvalue weighted by molar-refractivity contribution is 7.92. The Labute approximate surface area is 265 Å². The first-order valence-corrected chi connectivity index (χ1v) is 15.9. The average molecular weight is 679 g/mol. The summed E-state index contributed by atoms with van der Waals surface area (Å²) < 4.78 is 84.9. The standard InChI is InChI=1S/C30H27ClF4N6O4S/c1-5-24(42)39-11-12-40(17(4)15-39)27-18-13-20(31)26(25-19(30(33,34)35)7-6-8-21(25)32)37-28(18)41(29(43)38-27)22-14-36-10-9-23(22)46(44,45)16(2)3/h5-10,13-14,16-17H,1,11-12,15H2,2-4H3/t17-/m0/s1. The number of carbonyl (C=O) groups is 1. The Balaban J connectivity index is 1.87. The van der Waals surface area contributed by atoms with Gasteiger partial charge in [0.2, 0.25) is 5.91 Å². The number of aromatic nitrogens is 4. The summed E-state index contributed by atoms with van der Waals surface area (Å²) in [5.74, 6) is -1.53. The van der Waals surface area contributed by atoms with Gasteiger partial charge in [-0.15, -0.1) is 0 Å². The third-order valence-corrected chi connectivity index (χ3v) is 10.2. The van der Waals surface area contributed by atoms with E-state index >= 15 is 4.39 Å². The lowest BCUT2D eigenvalue weighted by molar-refractivity contribution is -0.137. The molecule has 0 N–H and O–H groups in total. The van der Waals surface area contributed by atoms with Crippen molar-refractivity contribution in [3.63, 3.8) is 0 Å².